The van der Waals surface area contributed by atoms with Crippen molar-refractivity contribution in [3.63, 3.8) is 0 Å². The molecule has 2 aromatic rings. The van der Waals surface area contributed by atoms with Crippen LogP contribution >= 0.6 is 12.4 Å². The monoisotopic (exact) mass is 358 g/mol. The molecule has 1 saturated heterocycles. The predicted octanol–water partition coefficient (Wildman–Crippen LogP) is 3.37. The second-order valence-corrected chi connectivity index (χ2v) is 6.58. The number of amides is 1. The van der Waals surface area contributed by atoms with Crippen molar-refractivity contribution in [2.75, 3.05) is 33.2 Å². The van der Waals surface area contributed by atoms with E-state index < -0.39 is 0 Å². The number of likely N-dealkylation sites (N-methyl/N-ethyl adjacent to an activating group) is 1. The molecule has 0 N–H and O–H groups in total. The third-order valence-electron chi connectivity index (χ3n) is 4.97. The van der Waals surface area contributed by atoms with Gasteiger partial charge in [-0.2, -0.15) is 0 Å². The lowest BCUT2D eigenvalue weighted by molar-refractivity contribution is -0.134. The van der Waals surface area contributed by atoms with Crippen LogP contribution in [0.4, 0.5) is 0 Å². The van der Waals surface area contributed by atoms with E-state index in [1.165, 1.54) is 5.56 Å². The van der Waals surface area contributed by atoms with Gasteiger partial charge in [-0.05, 0) is 18.7 Å². The van der Waals surface area contributed by atoms with Gasteiger partial charge >= 0.3 is 0 Å². The molecule has 4 rings (SSSR count). The molecule has 1 atom stereocenters. The van der Waals surface area contributed by atoms with Crippen molar-refractivity contribution < 1.29 is 9.53 Å². The number of carbonyl (C=O) groups excluding carboxylic acids is 1. The van der Waals surface area contributed by atoms with Crippen LogP contribution in [0.15, 0.2) is 48.5 Å². The summed E-state index contributed by atoms with van der Waals surface area (Å²) in [5.41, 5.74) is 3.39. The molecule has 5 heteroatoms. The van der Waals surface area contributed by atoms with E-state index in [0.29, 0.717) is 6.42 Å². The number of nitrogens with zero attached hydrogens (tertiary/aromatic N) is 2. The SMILES string of the molecule is CN1CCN(C(=O)CC2Oc3ccccc3-c3ccccc32)CC1.Cl. The molecule has 0 bridgehead atoms. The minimum Gasteiger partial charge on any atom is -0.485 e. The van der Waals surface area contributed by atoms with E-state index in [-0.39, 0.29) is 24.4 Å². The highest BCUT2D eigenvalue weighted by atomic mass is 35.5. The molecule has 1 fully saturated rings. The lowest BCUT2D eigenvalue weighted by Crippen LogP contribution is -2.47. The van der Waals surface area contributed by atoms with Gasteiger partial charge in [-0.1, -0.05) is 42.5 Å². The Kier molecular flexibility index (Phi) is 5.30. The minimum absolute atomic E-state index is 0. The molecule has 0 aliphatic carbocycles. The average molecular weight is 359 g/mol. The molecule has 0 spiro atoms. The molecule has 132 valence electrons. The molecule has 2 aromatic carbocycles. The summed E-state index contributed by atoms with van der Waals surface area (Å²) in [6, 6.07) is 16.3. The smallest absolute Gasteiger partial charge is 0.226 e. The van der Waals surface area contributed by atoms with Crippen molar-refractivity contribution in [2.45, 2.75) is 12.5 Å². The molecule has 1 unspecified atom stereocenters. The van der Waals surface area contributed by atoms with Crippen molar-refractivity contribution in [3.8, 4) is 16.9 Å². The Morgan fingerprint density at radius 1 is 1.00 bits per heavy atom. The second-order valence-electron chi connectivity index (χ2n) is 6.58. The topological polar surface area (TPSA) is 32.8 Å². The first-order valence-electron chi connectivity index (χ1n) is 8.53. The molecule has 4 nitrogen and oxygen atoms in total. The van der Waals surface area contributed by atoms with Crippen LogP contribution in [-0.4, -0.2) is 48.9 Å². The standard InChI is InChI=1S/C20H22N2O2.ClH/c1-21-10-12-22(13-11-21)20(23)14-19-17-8-3-2-6-15(17)16-7-4-5-9-18(16)24-19;/h2-9,19H,10-14H2,1H3;1H. The van der Waals surface area contributed by atoms with E-state index in [1.807, 2.05) is 35.2 Å². The first kappa shape index (κ1) is 17.8. The number of piperazine rings is 1. The molecule has 0 saturated carbocycles. The highest BCUT2D eigenvalue weighted by Crippen LogP contribution is 2.43. The minimum atomic E-state index is -0.205. The van der Waals surface area contributed by atoms with Gasteiger partial charge in [0.25, 0.3) is 0 Å². The summed E-state index contributed by atoms with van der Waals surface area (Å²) in [4.78, 5) is 16.9. The van der Waals surface area contributed by atoms with E-state index in [1.54, 1.807) is 0 Å². The van der Waals surface area contributed by atoms with Gasteiger partial charge in [0, 0.05) is 37.3 Å². The Morgan fingerprint density at radius 2 is 1.64 bits per heavy atom. The van der Waals surface area contributed by atoms with Gasteiger partial charge < -0.3 is 14.5 Å². The zero-order valence-electron chi connectivity index (χ0n) is 14.4. The summed E-state index contributed by atoms with van der Waals surface area (Å²) >= 11 is 0. The number of benzene rings is 2. The van der Waals surface area contributed by atoms with Crippen molar-refractivity contribution in [1.82, 2.24) is 9.80 Å². The van der Waals surface area contributed by atoms with Crippen LogP contribution < -0.4 is 4.74 Å². The van der Waals surface area contributed by atoms with E-state index in [0.717, 1.165) is 43.1 Å². The normalized spacial score (nSPS) is 19.2. The Morgan fingerprint density at radius 3 is 2.40 bits per heavy atom. The third kappa shape index (κ3) is 3.51. The van der Waals surface area contributed by atoms with Crippen LogP contribution in [0.25, 0.3) is 11.1 Å². The van der Waals surface area contributed by atoms with Crippen LogP contribution in [0.1, 0.15) is 18.1 Å². The number of ether oxygens (including phenoxy) is 1. The number of para-hydroxylation sites is 1. The maximum atomic E-state index is 12.7. The Balaban J connectivity index is 0.00000182. The molecular formula is C20H23ClN2O2. The maximum absolute atomic E-state index is 12.7. The lowest BCUT2D eigenvalue weighted by Gasteiger charge is -2.34. The summed E-state index contributed by atoms with van der Waals surface area (Å²) in [5.74, 6) is 1.05. The van der Waals surface area contributed by atoms with Gasteiger partial charge in [0.1, 0.15) is 11.9 Å². The number of hydrogen-bond donors (Lipinski definition) is 0. The number of rotatable bonds is 2. The summed E-state index contributed by atoms with van der Waals surface area (Å²) in [5, 5.41) is 0. The zero-order valence-corrected chi connectivity index (χ0v) is 15.2. The van der Waals surface area contributed by atoms with E-state index in [4.69, 9.17) is 4.74 Å². The van der Waals surface area contributed by atoms with Crippen LogP contribution in [0.3, 0.4) is 0 Å². The van der Waals surface area contributed by atoms with Crippen LogP contribution in [-0.2, 0) is 4.79 Å². The first-order chi connectivity index (χ1) is 11.7. The van der Waals surface area contributed by atoms with Crippen LogP contribution in [0.5, 0.6) is 5.75 Å². The average Bonchev–Trinajstić information content (AvgIpc) is 2.62. The Bertz CT molecular complexity index is 757. The quantitative estimate of drug-likeness (QED) is 0.825. The van der Waals surface area contributed by atoms with Crippen LogP contribution in [0, 0.1) is 0 Å². The maximum Gasteiger partial charge on any atom is 0.226 e. The van der Waals surface area contributed by atoms with Crippen molar-refractivity contribution in [1.29, 1.82) is 0 Å². The van der Waals surface area contributed by atoms with E-state index >= 15 is 0 Å². The fraction of sp³-hybridized carbons (Fsp3) is 0.350. The first-order valence-corrected chi connectivity index (χ1v) is 8.53. The summed E-state index contributed by atoms with van der Waals surface area (Å²) < 4.78 is 6.18. The predicted molar refractivity (Wildman–Crippen MR) is 101 cm³/mol. The van der Waals surface area contributed by atoms with Gasteiger partial charge in [0.15, 0.2) is 0 Å². The largest absolute Gasteiger partial charge is 0.485 e. The van der Waals surface area contributed by atoms with Crippen molar-refractivity contribution >= 4 is 18.3 Å². The van der Waals surface area contributed by atoms with Crippen LogP contribution in [0.2, 0.25) is 0 Å². The highest BCUT2D eigenvalue weighted by molar-refractivity contribution is 5.85. The highest BCUT2D eigenvalue weighted by Gasteiger charge is 2.29. The van der Waals surface area contributed by atoms with Gasteiger partial charge in [0.2, 0.25) is 5.91 Å². The third-order valence-corrected chi connectivity index (χ3v) is 4.97. The molecule has 2 heterocycles. The summed E-state index contributed by atoms with van der Waals surface area (Å²) in [7, 11) is 2.10. The fourth-order valence-corrected chi connectivity index (χ4v) is 3.53. The number of fused-ring (bicyclic) bond motifs is 3. The zero-order chi connectivity index (χ0) is 16.5. The van der Waals surface area contributed by atoms with Gasteiger partial charge in [-0.15, -0.1) is 12.4 Å². The second kappa shape index (κ2) is 7.46. The number of carbonyl (C=O) groups is 1. The Hall–Kier alpha value is -2.04. The lowest BCUT2D eigenvalue weighted by atomic mass is 9.91. The van der Waals surface area contributed by atoms with E-state index in [9.17, 15) is 4.79 Å². The summed E-state index contributed by atoms with van der Waals surface area (Å²) in [6.07, 6.45) is 0.193. The van der Waals surface area contributed by atoms with Gasteiger partial charge in [-0.25, -0.2) is 0 Å². The summed E-state index contributed by atoms with van der Waals surface area (Å²) in [6.45, 7) is 3.49. The molecular weight excluding hydrogens is 336 g/mol. The molecule has 2 aliphatic heterocycles. The fourth-order valence-electron chi connectivity index (χ4n) is 3.53. The molecule has 1 amide bonds. The molecule has 2 aliphatic rings. The number of halogens is 1. The van der Waals surface area contributed by atoms with Gasteiger partial charge in [-0.3, -0.25) is 4.79 Å². The molecule has 0 radical (unpaired) electrons. The molecule has 25 heavy (non-hydrogen) atoms. The molecule has 0 aromatic heterocycles. The van der Waals surface area contributed by atoms with E-state index in [2.05, 4.69) is 30.1 Å². The Labute approximate surface area is 154 Å². The number of hydrogen-bond acceptors (Lipinski definition) is 3. The van der Waals surface area contributed by atoms with Crippen molar-refractivity contribution in [3.05, 3.63) is 54.1 Å². The van der Waals surface area contributed by atoms with Crippen molar-refractivity contribution in [2.24, 2.45) is 0 Å². The van der Waals surface area contributed by atoms with Gasteiger partial charge in [0.05, 0.1) is 6.42 Å².